The second-order valence-electron chi connectivity index (χ2n) is 20.6. The summed E-state index contributed by atoms with van der Waals surface area (Å²) < 4.78 is 40.0. The molecule has 2 saturated carbocycles. The molecule has 432 valence electrons. The number of aliphatic carboxylic acids is 2. The van der Waals surface area contributed by atoms with Gasteiger partial charge >= 0.3 is 35.9 Å². The summed E-state index contributed by atoms with van der Waals surface area (Å²) in [5.74, 6) is -4.11. The van der Waals surface area contributed by atoms with Crippen LogP contribution in [0, 0.1) is 11.6 Å². The van der Waals surface area contributed by atoms with Gasteiger partial charge in [0.1, 0.15) is 35.8 Å². The number of piperazine rings is 2. The van der Waals surface area contributed by atoms with E-state index < -0.39 is 71.8 Å². The zero-order valence-corrected chi connectivity index (χ0v) is 47.4. The van der Waals surface area contributed by atoms with Crippen LogP contribution >= 0.6 is 45.9 Å². The number of carbonyl (C=O) groups is 6. The largest absolute Gasteiger partial charge is 0.480 e. The number of carbonyl (C=O) groups excluding carboxylic acids is 4. The molecule has 2 aromatic heterocycles. The average molecular weight is 1210 g/mol. The van der Waals surface area contributed by atoms with Crippen molar-refractivity contribution in [3.8, 4) is 0 Å². The van der Waals surface area contributed by atoms with Gasteiger partial charge < -0.3 is 49.9 Å². The Hall–Kier alpha value is -7.10. The maximum absolute atomic E-state index is 14.6. The molecule has 8 heterocycles. The molecule has 0 spiro atoms. The van der Waals surface area contributed by atoms with Crippen LogP contribution in [0.1, 0.15) is 72.8 Å². The summed E-state index contributed by atoms with van der Waals surface area (Å²) in [5.41, 5.74) is 1.46. The van der Waals surface area contributed by atoms with E-state index in [9.17, 15) is 47.8 Å². The number of hydrogen-bond acceptors (Lipinski definition) is 18. The Labute approximate surface area is 486 Å². The second-order valence-corrected chi connectivity index (χ2v) is 23.1. The third kappa shape index (κ3) is 11.0. The number of amidine groups is 2. The van der Waals surface area contributed by atoms with Crippen LogP contribution in [0.5, 0.6) is 0 Å². The van der Waals surface area contributed by atoms with Crippen molar-refractivity contribution in [1.29, 1.82) is 0 Å². The van der Waals surface area contributed by atoms with Crippen molar-refractivity contribution in [3.05, 3.63) is 125 Å². The lowest BCUT2D eigenvalue weighted by atomic mass is 9.94. The number of nitrogens with zero attached hydrogens (tertiary/aromatic N) is 10. The normalized spacial score (nSPS) is 24.7. The Balaban J connectivity index is 0.000000172. The standard InChI is InChI=1S/2C27H28ClFN6O5S/c2*1-2-40-26(38)19-17(12-33-9-10-34-18(22(33)25(36)37)13-35(27(34)39)14-6-7-14)31-23(24-30-8-11-41-24)32-21(19)15-4-3-5-16(29)20(15)28/h2*3-5,8,11,14,18,21-22H,2,6-7,9-10,12-13H2,1H3,(H,31,32)(H,36,37)/t18-,21+,22+;18-,21-,22+/m10/s1. The molecule has 6 fully saturated rings. The average Bonchev–Trinajstić information content (AvgIpc) is 4.43. The number of nitrogens with one attached hydrogen (secondary N) is 2. The van der Waals surface area contributed by atoms with Crippen molar-refractivity contribution in [2.45, 2.75) is 87.9 Å². The van der Waals surface area contributed by atoms with Gasteiger partial charge in [-0.1, -0.05) is 47.5 Å². The molecule has 28 heteroatoms. The van der Waals surface area contributed by atoms with Crippen LogP contribution in [-0.2, 0) is 28.7 Å². The van der Waals surface area contributed by atoms with Crippen LogP contribution in [0.2, 0.25) is 10.0 Å². The maximum atomic E-state index is 14.6. The highest BCUT2D eigenvalue weighted by molar-refractivity contribution is 7.12. The topological polar surface area (TPSA) is 255 Å². The third-order valence-electron chi connectivity index (χ3n) is 15.6. The summed E-state index contributed by atoms with van der Waals surface area (Å²) >= 11 is 15.4. The fourth-order valence-electron chi connectivity index (χ4n) is 11.6. The molecule has 22 nitrogen and oxygen atoms in total. The van der Waals surface area contributed by atoms with Gasteiger partial charge in [0.25, 0.3) is 0 Å². The zero-order valence-electron chi connectivity index (χ0n) is 44.3. The van der Waals surface area contributed by atoms with Crippen molar-refractivity contribution >= 4 is 93.5 Å². The van der Waals surface area contributed by atoms with E-state index in [1.54, 1.807) is 78.5 Å². The van der Waals surface area contributed by atoms with Crippen LogP contribution in [0.3, 0.4) is 0 Å². The van der Waals surface area contributed by atoms with Gasteiger partial charge in [0, 0.05) is 110 Å². The monoisotopic (exact) mass is 1200 g/mol. The molecule has 4 saturated heterocycles. The minimum absolute atomic E-state index is 0.0148. The van der Waals surface area contributed by atoms with Crippen LogP contribution in [0.15, 0.2) is 92.1 Å². The number of rotatable bonds is 16. The van der Waals surface area contributed by atoms with Crippen molar-refractivity contribution in [2.24, 2.45) is 9.98 Å². The quantitative estimate of drug-likeness (QED) is 0.0973. The Morgan fingerprint density at radius 2 is 1.04 bits per heavy atom. The van der Waals surface area contributed by atoms with E-state index in [4.69, 9.17) is 42.7 Å². The number of esters is 2. The summed E-state index contributed by atoms with van der Waals surface area (Å²) in [6, 6.07) is 3.55. The number of amides is 4. The summed E-state index contributed by atoms with van der Waals surface area (Å²) in [4.78, 5) is 107. The fourth-order valence-corrected chi connectivity index (χ4v) is 13.2. The van der Waals surface area contributed by atoms with Gasteiger partial charge in [0.15, 0.2) is 21.7 Å². The Bertz CT molecular complexity index is 3110. The summed E-state index contributed by atoms with van der Waals surface area (Å²) in [7, 11) is 0. The van der Waals surface area contributed by atoms with E-state index >= 15 is 0 Å². The fraction of sp³-hybridized carbons (Fsp3) is 0.444. The van der Waals surface area contributed by atoms with Gasteiger partial charge in [-0.15, -0.1) is 22.7 Å². The molecule has 0 unspecified atom stereocenters. The second kappa shape index (κ2) is 23.6. The van der Waals surface area contributed by atoms with E-state index in [0.717, 1.165) is 25.7 Å². The first-order valence-corrected chi connectivity index (χ1v) is 29.3. The van der Waals surface area contributed by atoms with Gasteiger partial charge in [0.2, 0.25) is 0 Å². The highest BCUT2D eigenvalue weighted by Gasteiger charge is 2.54. The van der Waals surface area contributed by atoms with E-state index in [-0.39, 0.29) is 95.9 Å². The first kappa shape index (κ1) is 56.7. The molecule has 0 bridgehead atoms. The molecule has 6 aliphatic heterocycles. The van der Waals surface area contributed by atoms with Crippen LogP contribution in [0.4, 0.5) is 18.4 Å². The lowest BCUT2D eigenvalue weighted by Gasteiger charge is -2.42. The number of fused-ring (bicyclic) bond motifs is 2. The molecule has 82 heavy (non-hydrogen) atoms. The number of carboxylic acids is 2. The number of thiazole rings is 2. The number of benzene rings is 2. The number of carboxylic acid groups (broad SMARTS) is 2. The van der Waals surface area contributed by atoms with Crippen molar-refractivity contribution in [2.75, 3.05) is 65.6 Å². The Morgan fingerprint density at radius 1 is 0.634 bits per heavy atom. The third-order valence-corrected chi connectivity index (χ3v) is 17.9. The SMILES string of the molecule is CCOC(=O)C1=C(CN2CCN3C(=O)N(C4CC4)C[C@@H]3[C@H]2C(=O)O)NC(c2nccs2)=N[C@H]1c1cccc(F)c1Cl.CCOC(=O)C1=C(CN2CCN3C(=O)N(C4CC4)C[C@H]3[C@@H]2C(=O)O)NC(c2nccs2)=N[C@H]1c1cccc(F)c1Cl. The summed E-state index contributed by atoms with van der Waals surface area (Å²) in [5, 5.41) is 31.4. The van der Waals surface area contributed by atoms with Gasteiger partial charge in [-0.3, -0.25) is 29.4 Å². The molecule has 2 aromatic carbocycles. The summed E-state index contributed by atoms with van der Waals surface area (Å²) in [6.45, 7) is 5.46. The molecule has 2 aliphatic carbocycles. The van der Waals surface area contributed by atoms with Crippen LogP contribution in [-0.4, -0.2) is 199 Å². The predicted octanol–water partition coefficient (Wildman–Crippen LogP) is 5.76. The zero-order chi connectivity index (χ0) is 57.7. The lowest BCUT2D eigenvalue weighted by molar-refractivity contribution is -0.148. The minimum Gasteiger partial charge on any atom is -0.480 e. The predicted molar refractivity (Wildman–Crippen MR) is 296 cm³/mol. The number of hydrogen-bond donors (Lipinski definition) is 4. The first-order chi connectivity index (χ1) is 39.6. The number of halogens is 4. The van der Waals surface area contributed by atoms with Crippen molar-refractivity contribution < 1.29 is 57.2 Å². The molecular formula is C54H56Cl2F2N12O10S2. The van der Waals surface area contributed by atoms with Gasteiger partial charge in [-0.2, -0.15) is 0 Å². The van der Waals surface area contributed by atoms with E-state index in [0.29, 0.717) is 59.3 Å². The number of aliphatic imine (C=N–C) groups is 2. The number of aromatic nitrogens is 2. The molecule has 6 atom stereocenters. The molecule has 4 amide bonds. The number of urea groups is 2. The Morgan fingerprint density at radius 3 is 1.38 bits per heavy atom. The smallest absolute Gasteiger partial charge is 0.338 e. The molecular weight excluding hydrogens is 1150 g/mol. The van der Waals surface area contributed by atoms with Crippen LogP contribution < -0.4 is 10.6 Å². The van der Waals surface area contributed by atoms with E-state index in [1.807, 2.05) is 0 Å². The Kier molecular flexibility index (Phi) is 16.4. The van der Waals surface area contributed by atoms with Gasteiger partial charge in [0.05, 0.1) is 46.5 Å². The first-order valence-electron chi connectivity index (χ1n) is 26.8. The highest BCUT2D eigenvalue weighted by atomic mass is 35.5. The minimum atomic E-state index is -1.06. The van der Waals surface area contributed by atoms with E-state index in [1.165, 1.54) is 46.9 Å². The molecule has 4 aromatic rings. The molecule has 12 rings (SSSR count). The molecule has 0 radical (unpaired) electrons. The van der Waals surface area contributed by atoms with Crippen LogP contribution in [0.25, 0.3) is 0 Å². The molecule has 4 N–H and O–H groups in total. The van der Waals surface area contributed by atoms with Crippen molar-refractivity contribution in [1.82, 2.24) is 50.0 Å². The number of ether oxygens (including phenoxy) is 2. The highest BCUT2D eigenvalue weighted by Crippen LogP contribution is 2.42. The lowest BCUT2D eigenvalue weighted by Crippen LogP contribution is -2.62. The van der Waals surface area contributed by atoms with Gasteiger partial charge in [-0.25, -0.2) is 37.9 Å². The maximum Gasteiger partial charge on any atom is 0.338 e. The molecule has 8 aliphatic rings. The van der Waals surface area contributed by atoms with Crippen molar-refractivity contribution in [3.63, 3.8) is 0 Å². The van der Waals surface area contributed by atoms with Gasteiger partial charge in [-0.05, 0) is 51.7 Å². The van der Waals surface area contributed by atoms with E-state index in [2.05, 4.69) is 20.6 Å². The summed E-state index contributed by atoms with van der Waals surface area (Å²) in [6.07, 6.45) is 6.93.